The second-order valence-corrected chi connectivity index (χ2v) is 2.50. The Hall–Kier alpha value is -0.830. The van der Waals surface area contributed by atoms with Gasteiger partial charge in [0.05, 0.1) is 12.0 Å². The van der Waals surface area contributed by atoms with Crippen molar-refractivity contribution in [2.24, 2.45) is 5.92 Å². The molecular formula is C7H10O3. The van der Waals surface area contributed by atoms with Crippen LogP contribution in [0.15, 0.2) is 12.2 Å². The van der Waals surface area contributed by atoms with E-state index in [9.17, 15) is 4.79 Å². The Morgan fingerprint density at radius 2 is 2.30 bits per heavy atom. The highest BCUT2D eigenvalue weighted by atomic mass is 16.4. The van der Waals surface area contributed by atoms with Gasteiger partial charge in [-0.2, -0.15) is 0 Å². The fourth-order valence-electron chi connectivity index (χ4n) is 1.07. The molecule has 1 aliphatic carbocycles. The fourth-order valence-corrected chi connectivity index (χ4v) is 1.07. The van der Waals surface area contributed by atoms with Crippen LogP contribution in [-0.2, 0) is 4.79 Å². The van der Waals surface area contributed by atoms with E-state index in [4.69, 9.17) is 10.2 Å². The largest absolute Gasteiger partial charge is 0.481 e. The van der Waals surface area contributed by atoms with Crippen molar-refractivity contribution in [3.8, 4) is 0 Å². The van der Waals surface area contributed by atoms with Crippen molar-refractivity contribution in [3.63, 3.8) is 0 Å². The van der Waals surface area contributed by atoms with Crippen molar-refractivity contribution in [3.05, 3.63) is 12.2 Å². The number of carboxylic acids is 1. The first-order valence-electron chi connectivity index (χ1n) is 3.27. The number of aliphatic carboxylic acids is 1. The minimum Gasteiger partial charge on any atom is -0.481 e. The Morgan fingerprint density at radius 3 is 2.70 bits per heavy atom. The second kappa shape index (κ2) is 2.84. The quantitative estimate of drug-likeness (QED) is 0.521. The first-order valence-corrected chi connectivity index (χ1v) is 3.27. The average molecular weight is 142 g/mol. The molecule has 3 heteroatoms. The molecule has 1 aliphatic rings. The van der Waals surface area contributed by atoms with Crippen LogP contribution in [0.1, 0.15) is 12.8 Å². The average Bonchev–Trinajstić information content (AvgIpc) is 1.88. The third kappa shape index (κ3) is 1.57. The van der Waals surface area contributed by atoms with E-state index in [1.165, 1.54) is 0 Å². The van der Waals surface area contributed by atoms with E-state index >= 15 is 0 Å². The van der Waals surface area contributed by atoms with Crippen LogP contribution in [0.25, 0.3) is 0 Å². The van der Waals surface area contributed by atoms with Crippen LogP contribution in [0, 0.1) is 5.92 Å². The van der Waals surface area contributed by atoms with Crippen molar-refractivity contribution < 1.29 is 15.0 Å². The van der Waals surface area contributed by atoms with Crippen LogP contribution in [0.2, 0.25) is 0 Å². The van der Waals surface area contributed by atoms with Crippen LogP contribution >= 0.6 is 0 Å². The molecule has 2 atom stereocenters. The lowest BCUT2D eigenvalue weighted by atomic mass is 9.93. The van der Waals surface area contributed by atoms with E-state index in [0.717, 1.165) is 0 Å². The molecule has 0 aromatic heterocycles. The zero-order valence-electron chi connectivity index (χ0n) is 5.53. The third-order valence-corrected chi connectivity index (χ3v) is 1.65. The third-order valence-electron chi connectivity index (χ3n) is 1.65. The van der Waals surface area contributed by atoms with E-state index in [1.807, 2.05) is 0 Å². The Balaban J connectivity index is 2.52. The van der Waals surface area contributed by atoms with E-state index in [1.54, 1.807) is 12.2 Å². The number of carboxylic acid groups (broad SMARTS) is 1. The van der Waals surface area contributed by atoms with Gasteiger partial charge in [-0.25, -0.2) is 0 Å². The molecule has 0 saturated carbocycles. The zero-order valence-corrected chi connectivity index (χ0v) is 5.53. The Bertz CT molecular complexity index is 162. The van der Waals surface area contributed by atoms with Crippen LogP contribution in [0.3, 0.4) is 0 Å². The SMILES string of the molecule is O=C(O)C1CC=CC(O)C1. The molecule has 56 valence electrons. The summed E-state index contributed by atoms with van der Waals surface area (Å²) in [6.45, 7) is 0. The fraction of sp³-hybridized carbons (Fsp3) is 0.571. The lowest BCUT2D eigenvalue weighted by Gasteiger charge is -2.16. The lowest BCUT2D eigenvalue weighted by Crippen LogP contribution is -2.21. The predicted molar refractivity (Wildman–Crippen MR) is 35.5 cm³/mol. The van der Waals surface area contributed by atoms with Gasteiger partial charge in [0.1, 0.15) is 0 Å². The summed E-state index contributed by atoms with van der Waals surface area (Å²) in [5, 5.41) is 17.5. The molecule has 0 aliphatic heterocycles. The van der Waals surface area contributed by atoms with Gasteiger partial charge in [-0.3, -0.25) is 4.79 Å². The molecule has 0 aromatic rings. The van der Waals surface area contributed by atoms with E-state index < -0.39 is 12.1 Å². The molecule has 0 saturated heterocycles. The number of hydrogen-bond donors (Lipinski definition) is 2. The highest BCUT2D eigenvalue weighted by molar-refractivity contribution is 5.70. The number of allylic oxidation sites excluding steroid dienone is 1. The molecule has 0 amide bonds. The minimum absolute atomic E-state index is 0.353. The van der Waals surface area contributed by atoms with E-state index in [-0.39, 0.29) is 5.92 Å². The summed E-state index contributed by atoms with van der Waals surface area (Å²) in [7, 11) is 0. The molecule has 0 aromatic carbocycles. The van der Waals surface area contributed by atoms with Gasteiger partial charge in [-0.15, -0.1) is 0 Å². The molecular weight excluding hydrogens is 132 g/mol. The highest BCUT2D eigenvalue weighted by Crippen LogP contribution is 2.18. The van der Waals surface area contributed by atoms with Gasteiger partial charge in [0.25, 0.3) is 0 Å². The first kappa shape index (κ1) is 7.28. The maximum Gasteiger partial charge on any atom is 0.306 e. The molecule has 0 bridgehead atoms. The van der Waals surface area contributed by atoms with Gasteiger partial charge in [0, 0.05) is 0 Å². The normalized spacial score (nSPS) is 32.1. The highest BCUT2D eigenvalue weighted by Gasteiger charge is 2.21. The van der Waals surface area contributed by atoms with Gasteiger partial charge in [0.2, 0.25) is 0 Å². The molecule has 0 heterocycles. The Kier molecular flexibility index (Phi) is 2.06. The summed E-state index contributed by atoms with van der Waals surface area (Å²) < 4.78 is 0. The second-order valence-electron chi connectivity index (χ2n) is 2.50. The van der Waals surface area contributed by atoms with Gasteiger partial charge in [-0.05, 0) is 12.8 Å². The molecule has 2 N–H and O–H groups in total. The summed E-state index contributed by atoms with van der Waals surface area (Å²) in [5.41, 5.74) is 0. The van der Waals surface area contributed by atoms with Crippen LogP contribution in [0.4, 0.5) is 0 Å². The molecule has 10 heavy (non-hydrogen) atoms. The summed E-state index contributed by atoms with van der Waals surface area (Å²) in [5.74, 6) is -1.21. The number of carbonyl (C=O) groups is 1. The first-order chi connectivity index (χ1) is 4.70. The number of hydrogen-bond acceptors (Lipinski definition) is 2. The topological polar surface area (TPSA) is 57.5 Å². The van der Waals surface area contributed by atoms with Crippen molar-refractivity contribution in [2.75, 3.05) is 0 Å². The molecule has 0 spiro atoms. The van der Waals surface area contributed by atoms with Crippen LogP contribution in [-0.4, -0.2) is 22.3 Å². The maximum absolute atomic E-state index is 10.4. The van der Waals surface area contributed by atoms with Crippen molar-refractivity contribution in [2.45, 2.75) is 18.9 Å². The van der Waals surface area contributed by atoms with Crippen molar-refractivity contribution >= 4 is 5.97 Å². The lowest BCUT2D eigenvalue weighted by molar-refractivity contribution is -0.142. The monoisotopic (exact) mass is 142 g/mol. The minimum atomic E-state index is -0.816. The standard InChI is InChI=1S/C7H10O3/c8-6-3-1-2-5(4-6)7(9)10/h1,3,5-6,8H,2,4H2,(H,9,10). The van der Waals surface area contributed by atoms with Crippen LogP contribution < -0.4 is 0 Å². The van der Waals surface area contributed by atoms with Crippen LogP contribution in [0.5, 0.6) is 0 Å². The van der Waals surface area contributed by atoms with E-state index in [2.05, 4.69) is 0 Å². The Labute approximate surface area is 59.0 Å². The summed E-state index contributed by atoms with van der Waals surface area (Å²) in [6, 6.07) is 0. The summed E-state index contributed by atoms with van der Waals surface area (Å²) in [4.78, 5) is 10.4. The summed E-state index contributed by atoms with van der Waals surface area (Å²) in [6.07, 6.45) is 3.69. The molecule has 3 nitrogen and oxygen atoms in total. The molecule has 0 fully saturated rings. The Morgan fingerprint density at radius 1 is 1.60 bits per heavy atom. The summed E-state index contributed by atoms with van der Waals surface area (Å²) >= 11 is 0. The van der Waals surface area contributed by atoms with Gasteiger partial charge < -0.3 is 10.2 Å². The van der Waals surface area contributed by atoms with Gasteiger partial charge in [-0.1, -0.05) is 12.2 Å². The molecule has 1 rings (SSSR count). The van der Waals surface area contributed by atoms with Gasteiger partial charge >= 0.3 is 5.97 Å². The predicted octanol–water partition coefficient (Wildman–Crippen LogP) is 0.398. The maximum atomic E-state index is 10.4. The molecule has 0 radical (unpaired) electrons. The zero-order chi connectivity index (χ0) is 7.56. The number of rotatable bonds is 1. The molecule has 2 unspecified atom stereocenters. The van der Waals surface area contributed by atoms with E-state index in [0.29, 0.717) is 12.8 Å². The van der Waals surface area contributed by atoms with Crippen molar-refractivity contribution in [1.82, 2.24) is 0 Å². The van der Waals surface area contributed by atoms with Crippen molar-refractivity contribution in [1.29, 1.82) is 0 Å². The number of aliphatic hydroxyl groups is 1. The smallest absolute Gasteiger partial charge is 0.306 e. The van der Waals surface area contributed by atoms with Gasteiger partial charge in [0.15, 0.2) is 0 Å². The number of aliphatic hydroxyl groups excluding tert-OH is 1.